The predicted molar refractivity (Wildman–Crippen MR) is 97.6 cm³/mol. The number of hydrogen-bond acceptors (Lipinski definition) is 4. The van der Waals surface area contributed by atoms with Gasteiger partial charge in [-0.15, -0.1) is 0 Å². The van der Waals surface area contributed by atoms with Crippen molar-refractivity contribution in [3.05, 3.63) is 105 Å². The number of benzene rings is 2. The Kier molecular flexibility index (Phi) is 4.01. The van der Waals surface area contributed by atoms with Crippen molar-refractivity contribution in [1.29, 1.82) is 0 Å². The second-order valence-corrected chi connectivity index (χ2v) is 6.14. The zero-order valence-electron chi connectivity index (χ0n) is 14.1. The fraction of sp³-hybridized carbons (Fsp3) is 0.0476. The summed E-state index contributed by atoms with van der Waals surface area (Å²) < 4.78 is 0. The van der Waals surface area contributed by atoms with Crippen molar-refractivity contribution in [3.63, 3.8) is 0 Å². The van der Waals surface area contributed by atoms with Crippen LogP contribution in [0.5, 0.6) is 0 Å². The van der Waals surface area contributed by atoms with Crippen molar-refractivity contribution >= 4 is 17.6 Å². The van der Waals surface area contributed by atoms with Gasteiger partial charge in [0.05, 0.1) is 23.2 Å². The van der Waals surface area contributed by atoms with Gasteiger partial charge in [-0.05, 0) is 23.8 Å². The van der Waals surface area contributed by atoms with Crippen LogP contribution in [0.3, 0.4) is 0 Å². The molecule has 2 aromatic carbocycles. The molecule has 0 aliphatic carbocycles. The maximum Gasteiger partial charge on any atom is 0.261 e. The van der Waals surface area contributed by atoms with Gasteiger partial charge in [0, 0.05) is 11.8 Å². The first-order valence-corrected chi connectivity index (χ1v) is 8.33. The number of rotatable bonds is 4. The van der Waals surface area contributed by atoms with Crippen molar-refractivity contribution in [1.82, 2.24) is 9.88 Å². The lowest BCUT2D eigenvalue weighted by Gasteiger charge is -2.16. The van der Waals surface area contributed by atoms with Gasteiger partial charge in [0.1, 0.15) is 0 Å². The number of ketones is 1. The maximum absolute atomic E-state index is 12.8. The Balaban J connectivity index is 1.74. The number of imide groups is 1. The van der Waals surface area contributed by atoms with Crippen LogP contribution in [0.4, 0.5) is 0 Å². The van der Waals surface area contributed by atoms with Crippen LogP contribution in [0.15, 0.2) is 71.7 Å². The first-order chi connectivity index (χ1) is 13.1. The van der Waals surface area contributed by atoms with E-state index in [9.17, 15) is 19.2 Å². The summed E-state index contributed by atoms with van der Waals surface area (Å²) in [6.45, 7) is -0.149. The molecule has 0 atom stereocenters. The third kappa shape index (κ3) is 2.77. The molecule has 27 heavy (non-hydrogen) atoms. The molecule has 3 aromatic rings. The smallest absolute Gasteiger partial charge is 0.261 e. The molecule has 0 saturated heterocycles. The van der Waals surface area contributed by atoms with Crippen LogP contribution in [-0.2, 0) is 6.54 Å². The minimum atomic E-state index is -0.557. The Bertz CT molecular complexity index is 1100. The van der Waals surface area contributed by atoms with Gasteiger partial charge in [0.15, 0.2) is 5.78 Å². The fourth-order valence-electron chi connectivity index (χ4n) is 3.19. The van der Waals surface area contributed by atoms with Gasteiger partial charge >= 0.3 is 0 Å². The molecule has 1 aromatic heterocycles. The molecule has 6 heteroatoms. The number of aromatic amines is 1. The summed E-state index contributed by atoms with van der Waals surface area (Å²) >= 11 is 0. The topological polar surface area (TPSA) is 87.3 Å². The van der Waals surface area contributed by atoms with Crippen LogP contribution in [-0.4, -0.2) is 27.5 Å². The van der Waals surface area contributed by atoms with Gasteiger partial charge < -0.3 is 4.98 Å². The number of nitrogens with one attached hydrogen (secondary N) is 1. The molecule has 0 fully saturated rings. The van der Waals surface area contributed by atoms with Crippen LogP contribution in [0.25, 0.3) is 0 Å². The Morgan fingerprint density at radius 2 is 1.41 bits per heavy atom. The van der Waals surface area contributed by atoms with Gasteiger partial charge in [0.25, 0.3) is 17.4 Å². The van der Waals surface area contributed by atoms with Crippen molar-refractivity contribution in [2.45, 2.75) is 6.54 Å². The quantitative estimate of drug-likeness (QED) is 0.573. The van der Waals surface area contributed by atoms with Crippen molar-refractivity contribution in [2.75, 3.05) is 0 Å². The van der Waals surface area contributed by atoms with Crippen molar-refractivity contribution in [2.24, 2.45) is 0 Å². The third-order valence-electron chi connectivity index (χ3n) is 4.52. The Hall–Kier alpha value is -3.80. The zero-order valence-corrected chi connectivity index (χ0v) is 14.1. The average molecular weight is 358 g/mol. The molecule has 1 aliphatic heterocycles. The van der Waals surface area contributed by atoms with Gasteiger partial charge in [-0.3, -0.25) is 24.1 Å². The van der Waals surface area contributed by atoms with E-state index in [1.165, 1.54) is 6.20 Å². The molecule has 4 rings (SSSR count). The molecule has 2 amide bonds. The lowest BCUT2D eigenvalue weighted by molar-refractivity contribution is 0.0640. The van der Waals surface area contributed by atoms with E-state index in [4.69, 9.17) is 0 Å². The number of carbonyl (C=O) groups is 3. The fourth-order valence-corrected chi connectivity index (χ4v) is 3.19. The van der Waals surface area contributed by atoms with E-state index in [1.807, 2.05) is 0 Å². The Morgan fingerprint density at radius 3 is 2.04 bits per heavy atom. The lowest BCUT2D eigenvalue weighted by atomic mass is 10.00. The summed E-state index contributed by atoms with van der Waals surface area (Å²) in [4.78, 5) is 53.9. The summed E-state index contributed by atoms with van der Waals surface area (Å²) in [5, 5.41) is 0. The summed E-state index contributed by atoms with van der Waals surface area (Å²) in [7, 11) is 0. The van der Waals surface area contributed by atoms with E-state index in [1.54, 1.807) is 60.7 Å². The highest BCUT2D eigenvalue weighted by molar-refractivity contribution is 6.21. The summed E-state index contributed by atoms with van der Waals surface area (Å²) in [6.07, 6.45) is 1.40. The number of amides is 2. The number of fused-ring (bicyclic) bond motifs is 1. The molecular weight excluding hydrogens is 344 g/mol. The third-order valence-corrected chi connectivity index (χ3v) is 4.52. The van der Waals surface area contributed by atoms with Crippen LogP contribution < -0.4 is 5.56 Å². The standard InChI is InChI=1S/C21H14N2O4/c24-18(13-6-2-1-3-7-13)17-14(10-11-22-19(17)25)12-23-20(26)15-8-4-5-9-16(15)21(23)27/h1-11H,12H2,(H,22,25). The normalized spacial score (nSPS) is 13.0. The van der Waals surface area contributed by atoms with Gasteiger partial charge in [-0.1, -0.05) is 42.5 Å². The van der Waals surface area contributed by atoms with Crippen LogP contribution in [0, 0.1) is 0 Å². The van der Waals surface area contributed by atoms with Gasteiger partial charge in [0.2, 0.25) is 0 Å². The number of nitrogens with zero attached hydrogens (tertiary/aromatic N) is 1. The maximum atomic E-state index is 12.8. The van der Waals surface area contributed by atoms with E-state index in [0.29, 0.717) is 22.3 Å². The molecule has 132 valence electrons. The minimum absolute atomic E-state index is 0.0692. The first-order valence-electron chi connectivity index (χ1n) is 8.33. The number of carbonyl (C=O) groups excluding carboxylic acids is 3. The molecule has 1 aliphatic rings. The molecule has 2 heterocycles. The number of H-pyrrole nitrogens is 1. The molecule has 0 saturated carbocycles. The largest absolute Gasteiger partial charge is 0.328 e. The van der Waals surface area contributed by atoms with Crippen LogP contribution in [0.2, 0.25) is 0 Å². The second kappa shape index (κ2) is 6.49. The highest BCUT2D eigenvalue weighted by Crippen LogP contribution is 2.25. The molecule has 1 N–H and O–H groups in total. The van der Waals surface area contributed by atoms with Gasteiger partial charge in [-0.25, -0.2) is 0 Å². The van der Waals surface area contributed by atoms with E-state index in [0.717, 1.165) is 4.90 Å². The minimum Gasteiger partial charge on any atom is -0.328 e. The molecule has 0 unspecified atom stereocenters. The molecule has 0 spiro atoms. The number of pyridine rings is 1. The zero-order chi connectivity index (χ0) is 19.0. The van der Waals surface area contributed by atoms with Crippen molar-refractivity contribution < 1.29 is 14.4 Å². The Morgan fingerprint density at radius 1 is 0.815 bits per heavy atom. The highest BCUT2D eigenvalue weighted by atomic mass is 16.2. The Labute approximate surface area is 154 Å². The summed E-state index contributed by atoms with van der Waals surface area (Å²) in [6, 6.07) is 16.5. The lowest BCUT2D eigenvalue weighted by Crippen LogP contribution is -2.31. The molecular formula is C21H14N2O4. The van der Waals surface area contributed by atoms with E-state index in [2.05, 4.69) is 4.98 Å². The van der Waals surface area contributed by atoms with Gasteiger partial charge in [-0.2, -0.15) is 0 Å². The van der Waals surface area contributed by atoms with Crippen LogP contribution in [0.1, 0.15) is 42.2 Å². The van der Waals surface area contributed by atoms with E-state index < -0.39 is 23.2 Å². The highest BCUT2D eigenvalue weighted by Gasteiger charge is 2.35. The number of hydrogen-bond donors (Lipinski definition) is 1. The van der Waals surface area contributed by atoms with Crippen molar-refractivity contribution in [3.8, 4) is 0 Å². The van der Waals surface area contributed by atoms with E-state index in [-0.39, 0.29) is 12.1 Å². The van der Waals surface area contributed by atoms with Crippen LogP contribution >= 0.6 is 0 Å². The first kappa shape index (κ1) is 16.7. The van der Waals surface area contributed by atoms with E-state index >= 15 is 0 Å². The molecule has 6 nitrogen and oxygen atoms in total. The molecule has 0 bridgehead atoms. The molecule has 0 radical (unpaired) electrons. The monoisotopic (exact) mass is 358 g/mol. The SMILES string of the molecule is O=C(c1ccccc1)c1c(CN2C(=O)c3ccccc3C2=O)cc[nH]c1=O. The second-order valence-electron chi connectivity index (χ2n) is 6.14. The number of aromatic nitrogens is 1. The summed E-state index contributed by atoms with van der Waals surface area (Å²) in [5.74, 6) is -1.33. The average Bonchev–Trinajstić information content (AvgIpc) is 2.94. The summed E-state index contributed by atoms with van der Waals surface area (Å²) in [5.41, 5.74) is 0.699. The predicted octanol–water partition coefficient (Wildman–Crippen LogP) is 2.40.